The normalized spacial score (nSPS) is 16.5. The van der Waals surface area contributed by atoms with E-state index in [0.717, 1.165) is 37.6 Å². The van der Waals surface area contributed by atoms with Gasteiger partial charge in [0.1, 0.15) is 5.82 Å². The van der Waals surface area contributed by atoms with Gasteiger partial charge in [-0.2, -0.15) is 0 Å². The van der Waals surface area contributed by atoms with Gasteiger partial charge >= 0.3 is 0 Å². The zero-order chi connectivity index (χ0) is 10.7. The molecule has 0 bridgehead atoms. The van der Waals surface area contributed by atoms with Crippen LogP contribution in [0, 0.1) is 0 Å². The van der Waals surface area contributed by atoms with Crippen LogP contribution in [-0.2, 0) is 0 Å². The summed E-state index contributed by atoms with van der Waals surface area (Å²) in [6.45, 7) is 5.44. The average Bonchev–Trinajstić information content (AvgIpc) is 2.30. The number of carbonyl (C=O) groups excluding carboxylic acids is 1. The molecule has 0 radical (unpaired) electrons. The minimum Gasteiger partial charge on any atom is -0.354 e. The lowest BCUT2D eigenvalue weighted by Gasteiger charge is -2.28. The zero-order valence-electron chi connectivity index (χ0n) is 8.86. The highest BCUT2D eigenvalue weighted by Crippen LogP contribution is 2.13. The molecule has 0 spiro atoms. The molecule has 2 heterocycles. The number of rotatable bonds is 2. The molecule has 0 atom stereocenters. The van der Waals surface area contributed by atoms with E-state index in [2.05, 4.69) is 15.2 Å². The van der Waals surface area contributed by atoms with Gasteiger partial charge in [-0.05, 0) is 19.1 Å². The van der Waals surface area contributed by atoms with Crippen LogP contribution in [0.25, 0.3) is 0 Å². The van der Waals surface area contributed by atoms with Crippen molar-refractivity contribution in [1.82, 2.24) is 10.3 Å². The molecule has 0 aromatic carbocycles. The highest BCUT2D eigenvalue weighted by molar-refractivity contribution is 5.94. The van der Waals surface area contributed by atoms with Crippen molar-refractivity contribution in [2.75, 3.05) is 31.1 Å². The first-order valence-corrected chi connectivity index (χ1v) is 5.20. The summed E-state index contributed by atoms with van der Waals surface area (Å²) in [5.41, 5.74) is 0.735. The van der Waals surface area contributed by atoms with Crippen molar-refractivity contribution < 1.29 is 4.79 Å². The van der Waals surface area contributed by atoms with Crippen molar-refractivity contribution in [3.63, 3.8) is 0 Å². The quantitative estimate of drug-likeness (QED) is 0.722. The fraction of sp³-hybridized carbons (Fsp3) is 0.455. The van der Waals surface area contributed by atoms with E-state index in [9.17, 15) is 4.79 Å². The molecular weight excluding hydrogens is 190 g/mol. The van der Waals surface area contributed by atoms with Crippen molar-refractivity contribution in [2.45, 2.75) is 6.92 Å². The van der Waals surface area contributed by atoms with E-state index in [1.165, 1.54) is 0 Å². The molecule has 1 aromatic rings. The Morgan fingerprint density at radius 1 is 1.47 bits per heavy atom. The Bertz CT molecular complexity index is 359. The molecule has 0 aliphatic carbocycles. The van der Waals surface area contributed by atoms with E-state index in [0.29, 0.717) is 0 Å². The molecule has 2 rings (SSSR count). The lowest BCUT2D eigenvalue weighted by atomic mass is 10.2. The smallest absolute Gasteiger partial charge is 0.159 e. The van der Waals surface area contributed by atoms with Gasteiger partial charge in [0.15, 0.2) is 5.78 Å². The summed E-state index contributed by atoms with van der Waals surface area (Å²) in [5, 5.41) is 3.29. The first kappa shape index (κ1) is 10.1. The number of ketones is 1. The SMILES string of the molecule is CC(=O)c1ccnc(N2CCNCC2)c1. The van der Waals surface area contributed by atoms with Crippen LogP contribution in [0.4, 0.5) is 5.82 Å². The number of anilines is 1. The number of Topliss-reactive ketones (excluding diaryl/α,β-unsaturated/α-hetero) is 1. The number of pyridine rings is 1. The van der Waals surface area contributed by atoms with Gasteiger partial charge in [0.2, 0.25) is 0 Å². The third kappa shape index (κ3) is 2.33. The molecule has 15 heavy (non-hydrogen) atoms. The summed E-state index contributed by atoms with van der Waals surface area (Å²) in [4.78, 5) is 17.7. The van der Waals surface area contributed by atoms with Crippen LogP contribution in [0.15, 0.2) is 18.3 Å². The molecule has 80 valence electrons. The molecule has 0 saturated carbocycles. The number of nitrogens with zero attached hydrogens (tertiary/aromatic N) is 2. The van der Waals surface area contributed by atoms with Gasteiger partial charge in [0.05, 0.1) is 0 Å². The lowest BCUT2D eigenvalue weighted by Crippen LogP contribution is -2.43. The molecule has 1 fully saturated rings. The zero-order valence-corrected chi connectivity index (χ0v) is 8.86. The molecule has 0 amide bonds. The van der Waals surface area contributed by atoms with Crippen molar-refractivity contribution in [3.05, 3.63) is 23.9 Å². The Balaban J connectivity index is 2.19. The van der Waals surface area contributed by atoms with Crippen LogP contribution >= 0.6 is 0 Å². The summed E-state index contributed by atoms with van der Waals surface area (Å²) < 4.78 is 0. The molecule has 1 aliphatic rings. The van der Waals surface area contributed by atoms with Gasteiger partial charge in [-0.1, -0.05) is 0 Å². The number of hydrogen-bond acceptors (Lipinski definition) is 4. The Kier molecular flexibility index (Phi) is 2.97. The summed E-state index contributed by atoms with van der Waals surface area (Å²) in [6, 6.07) is 3.63. The molecule has 1 aromatic heterocycles. The fourth-order valence-corrected chi connectivity index (χ4v) is 1.70. The summed E-state index contributed by atoms with van der Waals surface area (Å²) in [7, 11) is 0. The fourth-order valence-electron chi connectivity index (χ4n) is 1.70. The monoisotopic (exact) mass is 205 g/mol. The van der Waals surface area contributed by atoms with Crippen molar-refractivity contribution in [3.8, 4) is 0 Å². The van der Waals surface area contributed by atoms with E-state index in [1.54, 1.807) is 19.2 Å². The van der Waals surface area contributed by atoms with Gasteiger partial charge < -0.3 is 10.2 Å². The van der Waals surface area contributed by atoms with E-state index >= 15 is 0 Å². The minimum absolute atomic E-state index is 0.0915. The second-order valence-corrected chi connectivity index (χ2v) is 3.70. The largest absolute Gasteiger partial charge is 0.354 e. The molecule has 4 heteroatoms. The first-order valence-electron chi connectivity index (χ1n) is 5.20. The summed E-state index contributed by atoms with van der Waals surface area (Å²) in [6.07, 6.45) is 1.70. The third-order valence-electron chi connectivity index (χ3n) is 2.59. The van der Waals surface area contributed by atoms with E-state index < -0.39 is 0 Å². The Hall–Kier alpha value is -1.42. The molecule has 1 N–H and O–H groups in total. The van der Waals surface area contributed by atoms with E-state index in [1.807, 2.05) is 6.07 Å². The number of piperazine rings is 1. The number of carbonyl (C=O) groups is 1. The predicted octanol–water partition coefficient (Wildman–Crippen LogP) is 0.694. The van der Waals surface area contributed by atoms with Crippen LogP contribution in [0.3, 0.4) is 0 Å². The number of nitrogens with one attached hydrogen (secondary N) is 1. The maximum atomic E-state index is 11.2. The summed E-state index contributed by atoms with van der Waals surface area (Å²) in [5.74, 6) is 0.998. The van der Waals surface area contributed by atoms with Gasteiger partial charge in [-0.15, -0.1) is 0 Å². The Labute approximate surface area is 89.3 Å². The van der Waals surface area contributed by atoms with E-state index in [4.69, 9.17) is 0 Å². The van der Waals surface area contributed by atoms with Crippen molar-refractivity contribution in [1.29, 1.82) is 0 Å². The van der Waals surface area contributed by atoms with Gasteiger partial charge in [0.25, 0.3) is 0 Å². The topological polar surface area (TPSA) is 45.2 Å². The van der Waals surface area contributed by atoms with Crippen molar-refractivity contribution in [2.24, 2.45) is 0 Å². The Morgan fingerprint density at radius 3 is 2.87 bits per heavy atom. The highest BCUT2D eigenvalue weighted by Gasteiger charge is 2.12. The highest BCUT2D eigenvalue weighted by atomic mass is 16.1. The lowest BCUT2D eigenvalue weighted by molar-refractivity contribution is 0.101. The molecule has 4 nitrogen and oxygen atoms in total. The second-order valence-electron chi connectivity index (χ2n) is 3.70. The predicted molar refractivity (Wildman–Crippen MR) is 59.3 cm³/mol. The molecule has 1 saturated heterocycles. The number of hydrogen-bond donors (Lipinski definition) is 1. The van der Waals surface area contributed by atoms with Crippen LogP contribution in [0.2, 0.25) is 0 Å². The van der Waals surface area contributed by atoms with Gasteiger partial charge in [0, 0.05) is 37.9 Å². The van der Waals surface area contributed by atoms with Crippen LogP contribution in [0.5, 0.6) is 0 Å². The van der Waals surface area contributed by atoms with Gasteiger partial charge in [-0.25, -0.2) is 4.98 Å². The Morgan fingerprint density at radius 2 is 2.20 bits per heavy atom. The van der Waals surface area contributed by atoms with Crippen LogP contribution in [-0.4, -0.2) is 36.9 Å². The van der Waals surface area contributed by atoms with Crippen molar-refractivity contribution >= 4 is 11.6 Å². The summed E-state index contributed by atoms with van der Waals surface area (Å²) >= 11 is 0. The molecule has 1 aliphatic heterocycles. The number of aromatic nitrogens is 1. The van der Waals surface area contributed by atoms with Crippen LogP contribution < -0.4 is 10.2 Å². The maximum absolute atomic E-state index is 11.2. The maximum Gasteiger partial charge on any atom is 0.159 e. The standard InChI is InChI=1S/C11H15N3O/c1-9(15)10-2-3-13-11(8-10)14-6-4-12-5-7-14/h2-3,8,12H,4-7H2,1H3. The third-order valence-corrected chi connectivity index (χ3v) is 2.59. The average molecular weight is 205 g/mol. The van der Waals surface area contributed by atoms with Gasteiger partial charge in [-0.3, -0.25) is 4.79 Å². The van der Waals surface area contributed by atoms with Crippen LogP contribution in [0.1, 0.15) is 17.3 Å². The minimum atomic E-state index is 0.0915. The molecular formula is C11H15N3O. The second kappa shape index (κ2) is 4.40. The van der Waals surface area contributed by atoms with E-state index in [-0.39, 0.29) is 5.78 Å². The first-order chi connectivity index (χ1) is 7.27. The molecule has 0 unspecified atom stereocenters.